The van der Waals surface area contributed by atoms with Crippen molar-refractivity contribution in [3.05, 3.63) is 29.8 Å². The number of hydrogen-bond acceptors (Lipinski definition) is 2. The summed E-state index contributed by atoms with van der Waals surface area (Å²) in [5, 5.41) is 0. The van der Waals surface area contributed by atoms with Crippen LogP contribution in [0.5, 0.6) is 0 Å². The Morgan fingerprint density at radius 3 is 1.92 bits per heavy atom. The number of alkyl halides is 3. The second-order valence-electron chi connectivity index (χ2n) is 2.69. The molecule has 0 bridgehead atoms. The van der Waals surface area contributed by atoms with Crippen molar-refractivity contribution in [2.75, 3.05) is 5.73 Å². The lowest BCUT2D eigenvalue weighted by Crippen LogP contribution is -2.28. The monoisotopic (exact) mass is 190 g/mol. The summed E-state index contributed by atoms with van der Waals surface area (Å²) in [7, 11) is 0. The first-order valence-electron chi connectivity index (χ1n) is 3.59. The van der Waals surface area contributed by atoms with Crippen LogP contribution in [0.2, 0.25) is 0 Å². The van der Waals surface area contributed by atoms with Crippen LogP contribution in [-0.2, 0) is 0 Å². The van der Waals surface area contributed by atoms with Gasteiger partial charge in [0.1, 0.15) is 6.04 Å². The molecule has 0 aliphatic heterocycles. The van der Waals surface area contributed by atoms with Crippen LogP contribution in [0.3, 0.4) is 0 Å². The number of rotatable bonds is 1. The molecule has 0 fully saturated rings. The third-order valence-electron chi connectivity index (χ3n) is 1.65. The molecule has 1 rings (SSSR count). The van der Waals surface area contributed by atoms with E-state index in [1.165, 1.54) is 24.3 Å². The molecule has 2 nitrogen and oxygen atoms in total. The van der Waals surface area contributed by atoms with E-state index in [1.807, 2.05) is 0 Å². The molecule has 4 N–H and O–H groups in total. The van der Waals surface area contributed by atoms with Crippen molar-refractivity contribution < 1.29 is 13.2 Å². The van der Waals surface area contributed by atoms with E-state index >= 15 is 0 Å². The standard InChI is InChI=1S/C8H9F3N2/c9-8(10,11)7(13)5-1-3-6(12)4-2-5/h1-4,7H,12-13H2. The van der Waals surface area contributed by atoms with E-state index in [1.54, 1.807) is 0 Å². The van der Waals surface area contributed by atoms with Crippen molar-refractivity contribution in [1.29, 1.82) is 0 Å². The van der Waals surface area contributed by atoms with E-state index in [4.69, 9.17) is 11.5 Å². The Hall–Kier alpha value is -1.23. The minimum absolute atomic E-state index is 0.0155. The molecule has 1 aromatic rings. The van der Waals surface area contributed by atoms with Crippen LogP contribution in [0.25, 0.3) is 0 Å². The maximum atomic E-state index is 12.1. The van der Waals surface area contributed by atoms with Gasteiger partial charge in [-0.15, -0.1) is 0 Å². The Morgan fingerprint density at radius 2 is 1.54 bits per heavy atom. The number of anilines is 1. The first-order chi connectivity index (χ1) is 5.91. The Labute approximate surface area is 73.3 Å². The maximum absolute atomic E-state index is 12.1. The highest BCUT2D eigenvalue weighted by Gasteiger charge is 2.37. The van der Waals surface area contributed by atoms with Crippen molar-refractivity contribution in [3.63, 3.8) is 0 Å². The molecule has 0 saturated heterocycles. The summed E-state index contributed by atoms with van der Waals surface area (Å²) in [6.45, 7) is 0. The molecule has 0 aliphatic rings. The van der Waals surface area contributed by atoms with Crippen molar-refractivity contribution in [1.82, 2.24) is 0 Å². The van der Waals surface area contributed by atoms with E-state index in [2.05, 4.69) is 0 Å². The van der Waals surface area contributed by atoms with Gasteiger partial charge >= 0.3 is 6.18 Å². The van der Waals surface area contributed by atoms with Crippen LogP contribution in [0, 0.1) is 0 Å². The zero-order valence-electron chi connectivity index (χ0n) is 6.68. The van der Waals surface area contributed by atoms with Gasteiger partial charge in [0.05, 0.1) is 0 Å². The van der Waals surface area contributed by atoms with Gasteiger partial charge < -0.3 is 11.5 Å². The van der Waals surface area contributed by atoms with Gasteiger partial charge in [0.15, 0.2) is 0 Å². The van der Waals surface area contributed by atoms with Gasteiger partial charge in [0, 0.05) is 5.69 Å². The smallest absolute Gasteiger partial charge is 0.399 e. The van der Waals surface area contributed by atoms with E-state index in [0.29, 0.717) is 5.69 Å². The van der Waals surface area contributed by atoms with Crippen LogP contribution in [0.1, 0.15) is 11.6 Å². The van der Waals surface area contributed by atoms with Crippen LogP contribution in [-0.4, -0.2) is 6.18 Å². The van der Waals surface area contributed by atoms with Gasteiger partial charge in [0.2, 0.25) is 0 Å². The summed E-state index contributed by atoms with van der Waals surface area (Å²) < 4.78 is 36.2. The highest BCUT2D eigenvalue weighted by molar-refractivity contribution is 5.40. The van der Waals surface area contributed by atoms with Crippen LogP contribution >= 0.6 is 0 Å². The van der Waals surface area contributed by atoms with Crippen molar-refractivity contribution in [2.24, 2.45) is 5.73 Å². The third-order valence-corrected chi connectivity index (χ3v) is 1.65. The number of nitrogens with two attached hydrogens (primary N) is 2. The Kier molecular flexibility index (Phi) is 2.47. The van der Waals surface area contributed by atoms with Crippen LogP contribution < -0.4 is 11.5 Å². The molecule has 13 heavy (non-hydrogen) atoms. The van der Waals surface area contributed by atoms with Gasteiger partial charge in [-0.3, -0.25) is 0 Å². The summed E-state index contributed by atoms with van der Waals surface area (Å²) in [6.07, 6.45) is -4.41. The first kappa shape index (κ1) is 9.85. The number of halogens is 3. The summed E-state index contributed by atoms with van der Waals surface area (Å²) in [6, 6.07) is 3.39. The molecule has 1 unspecified atom stereocenters. The minimum Gasteiger partial charge on any atom is -0.399 e. The minimum atomic E-state index is -4.41. The average molecular weight is 190 g/mol. The molecule has 0 aromatic heterocycles. The highest BCUT2D eigenvalue weighted by atomic mass is 19.4. The predicted octanol–water partition coefficient (Wildman–Crippen LogP) is 1.83. The molecule has 0 spiro atoms. The van der Waals surface area contributed by atoms with Crippen LogP contribution in [0.15, 0.2) is 24.3 Å². The molecular weight excluding hydrogens is 181 g/mol. The Bertz CT molecular complexity index is 278. The fraction of sp³-hybridized carbons (Fsp3) is 0.250. The third kappa shape index (κ3) is 2.35. The zero-order chi connectivity index (χ0) is 10.1. The number of nitrogen functional groups attached to an aromatic ring is 1. The number of hydrogen-bond donors (Lipinski definition) is 2. The zero-order valence-corrected chi connectivity index (χ0v) is 6.68. The summed E-state index contributed by atoms with van der Waals surface area (Å²) in [5.74, 6) is 0. The highest BCUT2D eigenvalue weighted by Crippen LogP contribution is 2.30. The molecule has 5 heteroatoms. The fourth-order valence-electron chi connectivity index (χ4n) is 0.892. The summed E-state index contributed by atoms with van der Waals surface area (Å²) >= 11 is 0. The lowest BCUT2D eigenvalue weighted by atomic mass is 10.1. The summed E-state index contributed by atoms with van der Waals surface area (Å²) in [5.41, 5.74) is 10.7. The molecule has 0 aliphatic carbocycles. The summed E-state index contributed by atoms with van der Waals surface area (Å²) in [4.78, 5) is 0. The number of benzene rings is 1. The van der Waals surface area contributed by atoms with E-state index in [9.17, 15) is 13.2 Å². The SMILES string of the molecule is Nc1ccc(C(N)C(F)(F)F)cc1. The molecular formula is C8H9F3N2. The van der Waals surface area contributed by atoms with Gasteiger partial charge in [-0.2, -0.15) is 13.2 Å². The van der Waals surface area contributed by atoms with Gasteiger partial charge in [-0.1, -0.05) is 12.1 Å². The second-order valence-corrected chi connectivity index (χ2v) is 2.69. The maximum Gasteiger partial charge on any atom is 0.407 e. The second kappa shape index (κ2) is 3.26. The molecule has 1 aromatic carbocycles. The van der Waals surface area contributed by atoms with E-state index < -0.39 is 12.2 Å². The largest absolute Gasteiger partial charge is 0.407 e. The van der Waals surface area contributed by atoms with Crippen molar-refractivity contribution in [2.45, 2.75) is 12.2 Å². The van der Waals surface area contributed by atoms with Gasteiger partial charge in [0.25, 0.3) is 0 Å². The normalized spacial score (nSPS) is 14.2. The first-order valence-corrected chi connectivity index (χ1v) is 3.59. The Balaban J connectivity index is 2.90. The van der Waals surface area contributed by atoms with Gasteiger partial charge in [-0.25, -0.2) is 0 Å². The van der Waals surface area contributed by atoms with E-state index in [-0.39, 0.29) is 5.56 Å². The van der Waals surface area contributed by atoms with Crippen LogP contribution in [0.4, 0.5) is 18.9 Å². The van der Waals surface area contributed by atoms with Gasteiger partial charge in [-0.05, 0) is 17.7 Å². The topological polar surface area (TPSA) is 52.0 Å². The molecule has 0 heterocycles. The fourth-order valence-corrected chi connectivity index (χ4v) is 0.892. The molecule has 1 atom stereocenters. The quantitative estimate of drug-likeness (QED) is 0.664. The Morgan fingerprint density at radius 1 is 1.08 bits per heavy atom. The predicted molar refractivity (Wildman–Crippen MR) is 43.8 cm³/mol. The van der Waals surface area contributed by atoms with Crippen molar-refractivity contribution in [3.8, 4) is 0 Å². The molecule has 0 saturated carbocycles. The van der Waals surface area contributed by atoms with E-state index in [0.717, 1.165) is 0 Å². The average Bonchev–Trinajstić information content (AvgIpc) is 2.03. The molecule has 72 valence electrons. The molecule has 0 radical (unpaired) electrons. The lowest BCUT2D eigenvalue weighted by Gasteiger charge is -2.15. The van der Waals surface area contributed by atoms with Crippen molar-refractivity contribution >= 4 is 5.69 Å². The lowest BCUT2D eigenvalue weighted by molar-refractivity contribution is -0.149. The molecule has 0 amide bonds.